The maximum absolute atomic E-state index is 13.0. The Hall–Kier alpha value is -2.52. The van der Waals surface area contributed by atoms with Gasteiger partial charge in [0.1, 0.15) is 16.4 Å². The molecule has 0 bridgehead atoms. The Balaban J connectivity index is 1.75. The number of anilines is 1. The van der Waals surface area contributed by atoms with Crippen LogP contribution in [-0.4, -0.2) is 59.5 Å². The average Bonchev–Trinajstić information content (AvgIpc) is 3.23. The topological polar surface area (TPSA) is 90.2 Å². The van der Waals surface area contributed by atoms with Crippen LogP contribution in [-0.2, 0) is 19.3 Å². The number of benzene rings is 1. The molecule has 2 fully saturated rings. The lowest BCUT2D eigenvalue weighted by Gasteiger charge is -2.35. The average molecular weight is 442 g/mol. The molecule has 2 aliphatic rings. The Bertz CT molecular complexity index is 1260. The van der Waals surface area contributed by atoms with Crippen molar-refractivity contribution in [3.05, 3.63) is 41.9 Å². The summed E-state index contributed by atoms with van der Waals surface area (Å²) in [5.41, 5.74) is 2.31. The lowest BCUT2D eigenvalue weighted by atomic mass is 10.0. The van der Waals surface area contributed by atoms with Gasteiger partial charge in [-0.15, -0.1) is 0 Å². The van der Waals surface area contributed by atoms with E-state index < -0.39 is 14.6 Å². The lowest BCUT2D eigenvalue weighted by molar-refractivity contribution is 0.0985. The first-order chi connectivity index (χ1) is 14.8. The molecule has 2 atom stereocenters. The Kier molecular flexibility index (Phi) is 4.78. The molecule has 0 saturated carbocycles. The first kappa shape index (κ1) is 20.4. The summed E-state index contributed by atoms with van der Waals surface area (Å²) >= 11 is 0. The molecule has 1 aromatic carbocycles. The molecule has 0 amide bonds. The van der Waals surface area contributed by atoms with E-state index in [0.29, 0.717) is 44.2 Å². The van der Waals surface area contributed by atoms with E-state index in [1.807, 2.05) is 41.8 Å². The minimum absolute atomic E-state index is 0.137. The Morgan fingerprint density at radius 2 is 2.00 bits per heavy atom. The van der Waals surface area contributed by atoms with Gasteiger partial charge in [-0.1, -0.05) is 12.1 Å². The summed E-state index contributed by atoms with van der Waals surface area (Å²) < 4.78 is 32.5. The van der Waals surface area contributed by atoms with Crippen LogP contribution < -0.4 is 4.90 Å². The number of rotatable bonds is 3. The van der Waals surface area contributed by atoms with Crippen LogP contribution in [0.15, 0.2) is 30.3 Å². The summed E-state index contributed by atoms with van der Waals surface area (Å²) in [5.74, 6) is 2.15. The maximum Gasteiger partial charge on any atom is 0.237 e. The molecule has 2 aliphatic heterocycles. The number of ether oxygens (including phenoxy) is 1. The second kappa shape index (κ2) is 7.27. The number of morpholine rings is 1. The van der Waals surface area contributed by atoms with Gasteiger partial charge >= 0.3 is 0 Å². The standard InChI is InChI=1S/C22H27N5O3S/c1-15-14-30-11-10-26(15)20-13-19(22(3)9-6-12-31(22,28)29)24-21(25-20)27-16(2)23-17-7-4-5-8-18(17)27/h4-5,7-8,13,15H,6,9-12,14H2,1-3H3/t15-,22?/m1/s1. The van der Waals surface area contributed by atoms with Crippen LogP contribution in [0.2, 0.25) is 0 Å². The number of para-hydroxylation sites is 2. The van der Waals surface area contributed by atoms with Gasteiger partial charge in [-0.3, -0.25) is 4.57 Å². The SMILES string of the molecule is Cc1nc2ccccc2n1-c1nc(N2CCOC[C@H]2C)cc(C2(C)CCCS2(=O)=O)n1. The predicted octanol–water partition coefficient (Wildman–Crippen LogP) is 2.77. The summed E-state index contributed by atoms with van der Waals surface area (Å²) in [7, 11) is -3.30. The van der Waals surface area contributed by atoms with E-state index in [2.05, 4.69) is 16.8 Å². The van der Waals surface area contributed by atoms with Gasteiger partial charge in [-0.25, -0.2) is 18.4 Å². The molecule has 1 unspecified atom stereocenters. The van der Waals surface area contributed by atoms with Crippen molar-refractivity contribution in [2.45, 2.75) is 44.4 Å². The molecule has 0 spiro atoms. The van der Waals surface area contributed by atoms with E-state index in [-0.39, 0.29) is 11.8 Å². The number of aryl methyl sites for hydroxylation is 1. The summed E-state index contributed by atoms with van der Waals surface area (Å²) in [6.07, 6.45) is 1.21. The minimum atomic E-state index is -3.30. The van der Waals surface area contributed by atoms with Gasteiger partial charge in [0.2, 0.25) is 5.95 Å². The van der Waals surface area contributed by atoms with Gasteiger partial charge in [0.05, 0.1) is 41.7 Å². The number of hydrogen-bond acceptors (Lipinski definition) is 7. The van der Waals surface area contributed by atoms with Crippen molar-refractivity contribution in [2.75, 3.05) is 30.4 Å². The molecule has 8 nitrogen and oxygen atoms in total. The zero-order chi connectivity index (χ0) is 21.8. The van der Waals surface area contributed by atoms with Crippen molar-refractivity contribution in [2.24, 2.45) is 0 Å². The zero-order valence-corrected chi connectivity index (χ0v) is 18.9. The molecule has 0 radical (unpaired) electrons. The fraction of sp³-hybridized carbons (Fsp3) is 0.500. The van der Waals surface area contributed by atoms with E-state index in [1.165, 1.54) is 0 Å². The van der Waals surface area contributed by atoms with Gasteiger partial charge in [0, 0.05) is 12.6 Å². The van der Waals surface area contributed by atoms with Crippen molar-refractivity contribution in [1.82, 2.24) is 19.5 Å². The molecule has 31 heavy (non-hydrogen) atoms. The molecule has 2 saturated heterocycles. The quantitative estimate of drug-likeness (QED) is 0.617. The molecule has 2 aromatic heterocycles. The second-order valence-corrected chi connectivity index (χ2v) is 11.2. The van der Waals surface area contributed by atoms with Gasteiger partial charge in [-0.05, 0) is 45.7 Å². The summed E-state index contributed by atoms with van der Waals surface area (Å²) in [6, 6.07) is 9.84. The third-order valence-corrected chi connectivity index (χ3v) is 9.20. The van der Waals surface area contributed by atoms with Gasteiger partial charge in [-0.2, -0.15) is 4.98 Å². The first-order valence-electron chi connectivity index (χ1n) is 10.7. The van der Waals surface area contributed by atoms with Crippen LogP contribution >= 0.6 is 0 Å². The minimum Gasteiger partial charge on any atom is -0.377 e. The van der Waals surface area contributed by atoms with Crippen LogP contribution in [0.25, 0.3) is 17.0 Å². The van der Waals surface area contributed by atoms with Gasteiger partial charge in [0.25, 0.3) is 0 Å². The lowest BCUT2D eigenvalue weighted by Crippen LogP contribution is -2.44. The predicted molar refractivity (Wildman–Crippen MR) is 119 cm³/mol. The molecule has 5 rings (SSSR count). The van der Waals surface area contributed by atoms with Crippen molar-refractivity contribution < 1.29 is 13.2 Å². The molecule has 0 aliphatic carbocycles. The van der Waals surface area contributed by atoms with Gasteiger partial charge in [0.15, 0.2) is 9.84 Å². The highest BCUT2D eigenvalue weighted by Gasteiger charge is 2.47. The van der Waals surface area contributed by atoms with Crippen molar-refractivity contribution in [3.63, 3.8) is 0 Å². The maximum atomic E-state index is 13.0. The Labute approximate surface area is 182 Å². The molecular weight excluding hydrogens is 414 g/mol. The largest absolute Gasteiger partial charge is 0.377 e. The Morgan fingerprint density at radius 1 is 1.19 bits per heavy atom. The van der Waals surface area contributed by atoms with E-state index >= 15 is 0 Å². The number of sulfone groups is 1. The highest BCUT2D eigenvalue weighted by Crippen LogP contribution is 2.41. The fourth-order valence-corrected chi connectivity index (χ4v) is 6.53. The fourth-order valence-electron chi connectivity index (χ4n) is 4.67. The summed E-state index contributed by atoms with van der Waals surface area (Å²) in [5, 5.41) is 0. The number of fused-ring (bicyclic) bond motifs is 1. The highest BCUT2D eigenvalue weighted by atomic mass is 32.2. The molecular formula is C22H27N5O3S. The molecule has 164 valence electrons. The molecule has 4 heterocycles. The molecule has 0 N–H and O–H groups in total. The van der Waals surface area contributed by atoms with Gasteiger partial charge < -0.3 is 9.64 Å². The first-order valence-corrected chi connectivity index (χ1v) is 12.4. The number of aromatic nitrogens is 4. The van der Waals surface area contributed by atoms with E-state index in [1.54, 1.807) is 6.92 Å². The monoisotopic (exact) mass is 441 g/mol. The highest BCUT2D eigenvalue weighted by molar-refractivity contribution is 7.92. The summed E-state index contributed by atoms with van der Waals surface area (Å²) in [4.78, 5) is 16.6. The van der Waals surface area contributed by atoms with E-state index in [0.717, 1.165) is 22.7 Å². The molecule has 3 aromatic rings. The number of nitrogens with zero attached hydrogens (tertiary/aromatic N) is 5. The smallest absolute Gasteiger partial charge is 0.237 e. The van der Waals surface area contributed by atoms with Crippen LogP contribution in [0.5, 0.6) is 0 Å². The number of hydrogen-bond donors (Lipinski definition) is 0. The third-order valence-electron chi connectivity index (χ3n) is 6.59. The molecule has 9 heteroatoms. The normalized spacial score (nSPS) is 25.9. The van der Waals surface area contributed by atoms with Crippen LogP contribution in [0.4, 0.5) is 5.82 Å². The van der Waals surface area contributed by atoms with Crippen molar-refractivity contribution >= 4 is 26.7 Å². The van der Waals surface area contributed by atoms with Crippen LogP contribution in [0.1, 0.15) is 38.2 Å². The van der Waals surface area contributed by atoms with Crippen molar-refractivity contribution in [3.8, 4) is 5.95 Å². The van der Waals surface area contributed by atoms with E-state index in [4.69, 9.17) is 14.7 Å². The van der Waals surface area contributed by atoms with E-state index in [9.17, 15) is 8.42 Å². The zero-order valence-electron chi connectivity index (χ0n) is 18.1. The van der Waals surface area contributed by atoms with Crippen LogP contribution in [0, 0.1) is 6.92 Å². The van der Waals surface area contributed by atoms with Crippen molar-refractivity contribution in [1.29, 1.82) is 0 Å². The second-order valence-electron chi connectivity index (χ2n) is 8.67. The van der Waals surface area contributed by atoms with Crippen LogP contribution in [0.3, 0.4) is 0 Å². The third kappa shape index (κ3) is 3.22. The number of imidazole rings is 1. The Morgan fingerprint density at radius 3 is 2.74 bits per heavy atom. The summed E-state index contributed by atoms with van der Waals surface area (Å²) in [6.45, 7) is 7.73.